The van der Waals surface area contributed by atoms with Crippen molar-refractivity contribution in [2.45, 2.75) is 51.0 Å². The van der Waals surface area contributed by atoms with Crippen LogP contribution in [0.3, 0.4) is 0 Å². The van der Waals surface area contributed by atoms with Crippen LogP contribution in [0.15, 0.2) is 24.3 Å². The summed E-state index contributed by atoms with van der Waals surface area (Å²) in [7, 11) is 0. The van der Waals surface area contributed by atoms with E-state index in [0.717, 1.165) is 57.1 Å². The minimum absolute atomic E-state index is 0.123. The molecule has 1 saturated heterocycles. The Kier molecular flexibility index (Phi) is 7.40. The van der Waals surface area contributed by atoms with Gasteiger partial charge in [-0.05, 0) is 68.4 Å². The fraction of sp³-hybridized carbons (Fsp3) is 0.458. The molecule has 1 aromatic heterocycles. The Balaban J connectivity index is 1.27. The normalized spacial score (nSPS) is 17.7. The molecule has 1 N–H and O–H groups in total. The summed E-state index contributed by atoms with van der Waals surface area (Å²) in [4.78, 5) is 25.8. The molecule has 0 unspecified atom stereocenters. The molecule has 0 bridgehead atoms. The summed E-state index contributed by atoms with van der Waals surface area (Å²) < 4.78 is 16.4. The molecule has 7 nitrogen and oxygen atoms in total. The van der Waals surface area contributed by atoms with Gasteiger partial charge in [0.05, 0.1) is 17.2 Å². The van der Waals surface area contributed by atoms with E-state index in [0.29, 0.717) is 28.5 Å². The molecular formula is C24H26N2O5S. The zero-order chi connectivity index (χ0) is 22.3. The van der Waals surface area contributed by atoms with Crippen molar-refractivity contribution in [1.82, 2.24) is 0 Å². The number of hydrogen-bond acceptors (Lipinski definition) is 7. The maximum absolute atomic E-state index is 12.3. The van der Waals surface area contributed by atoms with Crippen molar-refractivity contribution in [2.75, 3.05) is 25.1 Å². The van der Waals surface area contributed by atoms with Crippen LogP contribution in [-0.2, 0) is 27.1 Å². The van der Waals surface area contributed by atoms with Gasteiger partial charge in [-0.15, -0.1) is 11.3 Å². The van der Waals surface area contributed by atoms with E-state index in [2.05, 4.69) is 11.4 Å². The predicted molar refractivity (Wildman–Crippen MR) is 120 cm³/mol. The number of nitrogens with zero attached hydrogens (tertiary/aromatic N) is 1. The molecule has 4 rings (SSSR count). The third-order valence-corrected chi connectivity index (χ3v) is 6.88. The largest absolute Gasteiger partial charge is 0.491 e. The van der Waals surface area contributed by atoms with E-state index >= 15 is 0 Å². The van der Waals surface area contributed by atoms with E-state index in [1.165, 1.54) is 16.2 Å². The number of aryl methyl sites for hydroxylation is 1. The first-order chi connectivity index (χ1) is 15.6. The van der Waals surface area contributed by atoms with Crippen molar-refractivity contribution in [3.63, 3.8) is 0 Å². The van der Waals surface area contributed by atoms with Crippen LogP contribution in [0, 0.1) is 11.3 Å². The number of ether oxygens (including phenoxy) is 3. The smallest absolute Gasteiger partial charge is 0.338 e. The Labute approximate surface area is 191 Å². The number of amides is 1. The van der Waals surface area contributed by atoms with Gasteiger partial charge in [0.1, 0.15) is 23.4 Å². The van der Waals surface area contributed by atoms with Gasteiger partial charge in [0.2, 0.25) is 0 Å². The van der Waals surface area contributed by atoms with E-state index in [1.807, 2.05) is 0 Å². The lowest BCUT2D eigenvalue weighted by Gasteiger charge is -2.11. The Morgan fingerprint density at radius 2 is 1.97 bits per heavy atom. The van der Waals surface area contributed by atoms with Crippen LogP contribution in [0.1, 0.15) is 58.5 Å². The lowest BCUT2D eigenvalue weighted by molar-refractivity contribution is -0.119. The molecule has 1 atom stereocenters. The van der Waals surface area contributed by atoms with Crippen LogP contribution >= 0.6 is 11.3 Å². The molecule has 2 heterocycles. The quantitative estimate of drug-likeness (QED) is 0.496. The summed E-state index contributed by atoms with van der Waals surface area (Å²) in [5.74, 6) is -0.396. The number of anilines is 1. The number of fused-ring (bicyclic) bond motifs is 1. The fourth-order valence-electron chi connectivity index (χ4n) is 3.98. The summed E-state index contributed by atoms with van der Waals surface area (Å²) in [6.45, 7) is 0.851. The number of carbonyl (C=O) groups is 2. The van der Waals surface area contributed by atoms with Gasteiger partial charge >= 0.3 is 5.97 Å². The van der Waals surface area contributed by atoms with Gasteiger partial charge in [-0.1, -0.05) is 6.42 Å². The third-order valence-electron chi connectivity index (χ3n) is 5.67. The highest BCUT2D eigenvalue weighted by Crippen LogP contribution is 2.36. The molecule has 0 saturated carbocycles. The molecule has 1 aliphatic heterocycles. The number of nitrogens with one attached hydrogen (secondary N) is 1. The molecule has 1 aromatic carbocycles. The molecule has 8 heteroatoms. The minimum atomic E-state index is -0.590. The predicted octanol–water partition coefficient (Wildman–Crippen LogP) is 4.24. The Hall–Kier alpha value is -2.89. The van der Waals surface area contributed by atoms with Gasteiger partial charge in [-0.25, -0.2) is 4.79 Å². The van der Waals surface area contributed by atoms with Crippen LogP contribution in [0.5, 0.6) is 5.75 Å². The van der Waals surface area contributed by atoms with Crippen LogP contribution in [0.4, 0.5) is 5.00 Å². The Morgan fingerprint density at radius 1 is 1.16 bits per heavy atom. The molecule has 0 spiro atoms. The van der Waals surface area contributed by atoms with E-state index in [1.54, 1.807) is 24.3 Å². The van der Waals surface area contributed by atoms with Crippen molar-refractivity contribution in [3.05, 3.63) is 45.8 Å². The topological polar surface area (TPSA) is 97.7 Å². The van der Waals surface area contributed by atoms with Gasteiger partial charge < -0.3 is 19.5 Å². The van der Waals surface area contributed by atoms with Gasteiger partial charge in [-0.2, -0.15) is 5.26 Å². The molecule has 1 amide bonds. The highest BCUT2D eigenvalue weighted by atomic mass is 32.1. The van der Waals surface area contributed by atoms with Crippen molar-refractivity contribution in [1.29, 1.82) is 5.26 Å². The van der Waals surface area contributed by atoms with Crippen molar-refractivity contribution in [3.8, 4) is 11.8 Å². The number of esters is 1. The number of thiophene rings is 1. The Morgan fingerprint density at radius 3 is 2.72 bits per heavy atom. The van der Waals surface area contributed by atoms with Gasteiger partial charge in [-0.3, -0.25) is 4.79 Å². The molecular weight excluding hydrogens is 428 g/mol. The van der Waals surface area contributed by atoms with Gasteiger partial charge in [0, 0.05) is 11.5 Å². The first-order valence-corrected chi connectivity index (χ1v) is 11.8. The van der Waals surface area contributed by atoms with Crippen molar-refractivity contribution >= 4 is 28.2 Å². The van der Waals surface area contributed by atoms with Crippen LogP contribution in [0.2, 0.25) is 0 Å². The van der Waals surface area contributed by atoms with Crippen LogP contribution in [-0.4, -0.2) is 37.8 Å². The minimum Gasteiger partial charge on any atom is -0.491 e. The molecule has 1 aliphatic carbocycles. The van der Waals surface area contributed by atoms with Gasteiger partial charge in [0.15, 0.2) is 6.61 Å². The number of rotatable bonds is 7. The lowest BCUT2D eigenvalue weighted by atomic mass is 10.1. The van der Waals surface area contributed by atoms with E-state index in [4.69, 9.17) is 14.2 Å². The summed E-state index contributed by atoms with van der Waals surface area (Å²) in [6.07, 6.45) is 7.29. The summed E-state index contributed by atoms with van der Waals surface area (Å²) in [5.41, 5.74) is 1.94. The first-order valence-electron chi connectivity index (χ1n) is 11.0. The second-order valence-corrected chi connectivity index (χ2v) is 9.08. The van der Waals surface area contributed by atoms with E-state index in [-0.39, 0.29) is 6.10 Å². The monoisotopic (exact) mass is 454 g/mol. The summed E-state index contributed by atoms with van der Waals surface area (Å²) >= 11 is 1.46. The number of nitriles is 1. The molecule has 168 valence electrons. The second kappa shape index (κ2) is 10.6. The SMILES string of the molecule is N#Cc1c(NC(=O)COC(=O)c2ccc(OC[C@H]3CCCO3)cc2)sc2c1CCCCC2. The highest BCUT2D eigenvalue weighted by molar-refractivity contribution is 7.16. The average Bonchev–Trinajstić information content (AvgIpc) is 3.38. The fourth-order valence-corrected chi connectivity index (χ4v) is 5.23. The highest BCUT2D eigenvalue weighted by Gasteiger charge is 2.21. The summed E-state index contributed by atoms with van der Waals surface area (Å²) in [6, 6.07) is 8.84. The van der Waals surface area contributed by atoms with E-state index < -0.39 is 18.5 Å². The molecule has 2 aliphatic rings. The summed E-state index contributed by atoms with van der Waals surface area (Å²) in [5, 5.41) is 12.9. The first kappa shape index (κ1) is 22.3. The number of benzene rings is 1. The molecule has 2 aromatic rings. The zero-order valence-corrected chi connectivity index (χ0v) is 18.7. The van der Waals surface area contributed by atoms with Gasteiger partial charge in [0.25, 0.3) is 5.91 Å². The lowest BCUT2D eigenvalue weighted by Crippen LogP contribution is -2.21. The molecule has 32 heavy (non-hydrogen) atoms. The van der Waals surface area contributed by atoms with Crippen LogP contribution < -0.4 is 10.1 Å². The van der Waals surface area contributed by atoms with E-state index in [9.17, 15) is 14.9 Å². The third kappa shape index (κ3) is 5.47. The number of hydrogen-bond donors (Lipinski definition) is 1. The zero-order valence-electron chi connectivity index (χ0n) is 17.9. The van der Waals surface area contributed by atoms with Crippen molar-refractivity contribution < 1.29 is 23.8 Å². The maximum Gasteiger partial charge on any atom is 0.338 e. The molecule has 0 radical (unpaired) electrons. The number of carbonyl (C=O) groups excluding carboxylic acids is 2. The average molecular weight is 455 g/mol. The molecule has 1 fully saturated rings. The second-order valence-electron chi connectivity index (χ2n) is 7.98. The Bertz CT molecular complexity index is 1000. The maximum atomic E-state index is 12.3. The standard InChI is InChI=1S/C24H26N2O5S/c25-13-20-19-6-2-1-3-7-21(19)32-23(20)26-22(27)15-31-24(28)16-8-10-17(11-9-16)30-14-18-5-4-12-29-18/h8-11,18H,1-7,12,14-15H2,(H,26,27)/t18-/m1/s1. The van der Waals surface area contributed by atoms with Crippen LogP contribution in [0.25, 0.3) is 0 Å². The van der Waals surface area contributed by atoms with Crippen molar-refractivity contribution in [2.24, 2.45) is 0 Å².